The van der Waals surface area contributed by atoms with Crippen LogP contribution >= 0.6 is 37.0 Å². The third kappa shape index (κ3) is 21.2. The predicted octanol–water partition coefficient (Wildman–Crippen LogP) is -5.30. The molecule has 0 saturated carbocycles. The minimum atomic E-state index is -1.79. The summed E-state index contributed by atoms with van der Waals surface area (Å²) < 4.78 is 0. The molecular weight excluding hydrogens is 911 g/mol. The summed E-state index contributed by atoms with van der Waals surface area (Å²) >= 11 is 9.24. The van der Waals surface area contributed by atoms with Gasteiger partial charge in [-0.2, -0.15) is 25.3 Å². The van der Waals surface area contributed by atoms with Crippen molar-refractivity contribution in [1.29, 1.82) is 5.41 Å². The number of rotatable bonds is 15. The van der Waals surface area contributed by atoms with E-state index in [1.165, 1.54) is 0 Å². The van der Waals surface area contributed by atoms with Crippen LogP contribution in [-0.4, -0.2) is 155 Å². The van der Waals surface area contributed by atoms with Crippen molar-refractivity contribution in [2.24, 2.45) is 17.2 Å². The molecule has 2 rings (SSSR count). The van der Waals surface area contributed by atoms with Gasteiger partial charge in [-0.3, -0.25) is 53.4 Å². The van der Waals surface area contributed by atoms with Gasteiger partial charge in [0.1, 0.15) is 42.3 Å². The zero-order valence-electron chi connectivity index (χ0n) is 35.4. The van der Waals surface area contributed by atoms with Crippen LogP contribution < -0.4 is 65.1 Å². The SMILES string of the molecule is N=C(N)NCCC[C@@H]1NC(=O)C(CS)NC(=O)[C@H](CCCCN)NC(=O)CSC[C@@H](C(N)=O)NC(=O)[C@H](Cc2ccccc2)NC(=O)[C@H](CS)NC(=O)[C@H](CC(=O)O)NC(=O)CNC1=O. The van der Waals surface area contributed by atoms with E-state index in [1.54, 1.807) is 30.3 Å². The van der Waals surface area contributed by atoms with Crippen molar-refractivity contribution in [3.63, 3.8) is 0 Å². The molecule has 1 heterocycles. The van der Waals surface area contributed by atoms with Gasteiger partial charge < -0.3 is 70.2 Å². The average molecular weight is 970 g/mol. The molecule has 360 valence electrons. The molecule has 0 spiro atoms. The summed E-state index contributed by atoms with van der Waals surface area (Å²) in [5.74, 6) is -11.2. The minimum Gasteiger partial charge on any atom is -0.481 e. The first-order chi connectivity index (χ1) is 30.9. The second-order valence-electron chi connectivity index (χ2n) is 14.6. The van der Waals surface area contributed by atoms with Crippen LogP contribution in [0.25, 0.3) is 0 Å². The van der Waals surface area contributed by atoms with Crippen molar-refractivity contribution in [2.75, 3.05) is 42.6 Å². The highest BCUT2D eigenvalue weighted by Gasteiger charge is 2.33. The highest BCUT2D eigenvalue weighted by Crippen LogP contribution is 2.10. The lowest BCUT2D eigenvalue weighted by atomic mass is 10.0. The molecule has 24 nitrogen and oxygen atoms in total. The summed E-state index contributed by atoms with van der Waals surface area (Å²) in [6.07, 6.45) is -0.00629. The zero-order chi connectivity index (χ0) is 48.5. The lowest BCUT2D eigenvalue weighted by molar-refractivity contribution is -0.141. The number of primary amides is 1. The number of carbonyl (C=O) groups is 10. The third-order valence-corrected chi connectivity index (χ3v) is 11.2. The fourth-order valence-corrected chi connectivity index (χ4v) is 7.37. The van der Waals surface area contributed by atoms with E-state index < -0.39 is 114 Å². The molecule has 1 aliphatic rings. The number of nitrogens with one attached hydrogen (secondary N) is 10. The molecule has 9 amide bonds. The molecule has 1 aromatic rings. The van der Waals surface area contributed by atoms with Gasteiger partial charge in [0.15, 0.2) is 5.96 Å². The van der Waals surface area contributed by atoms with Crippen molar-refractivity contribution < 1.29 is 53.1 Å². The number of benzene rings is 1. The Morgan fingerprint density at radius 2 is 1.22 bits per heavy atom. The number of thiol groups is 2. The van der Waals surface area contributed by atoms with Crippen molar-refractivity contribution in [3.05, 3.63) is 35.9 Å². The summed E-state index contributed by atoms with van der Waals surface area (Å²) in [7, 11) is 0. The van der Waals surface area contributed by atoms with E-state index in [4.69, 9.17) is 22.6 Å². The lowest BCUT2D eigenvalue weighted by Crippen LogP contribution is -2.60. The number of amides is 9. The Hall–Kier alpha value is -5.80. The second-order valence-corrected chi connectivity index (χ2v) is 16.4. The number of thioether (sulfide) groups is 1. The van der Waals surface area contributed by atoms with E-state index in [0.717, 1.165) is 11.8 Å². The molecule has 65 heavy (non-hydrogen) atoms. The Morgan fingerprint density at radius 1 is 0.692 bits per heavy atom. The van der Waals surface area contributed by atoms with Crippen LogP contribution in [0.15, 0.2) is 30.3 Å². The third-order valence-electron chi connectivity index (χ3n) is 9.39. The Morgan fingerprint density at radius 3 is 1.78 bits per heavy atom. The van der Waals surface area contributed by atoms with E-state index in [9.17, 15) is 53.1 Å². The van der Waals surface area contributed by atoms with Gasteiger partial charge >= 0.3 is 5.97 Å². The molecule has 0 bridgehead atoms. The van der Waals surface area contributed by atoms with E-state index >= 15 is 0 Å². The Kier molecular flexibility index (Phi) is 25.2. The average Bonchev–Trinajstić information content (AvgIpc) is 3.25. The van der Waals surface area contributed by atoms with Crippen molar-refractivity contribution in [2.45, 2.75) is 87.2 Å². The monoisotopic (exact) mass is 969 g/mol. The molecule has 7 atom stereocenters. The molecule has 1 saturated heterocycles. The van der Waals surface area contributed by atoms with Gasteiger partial charge in [-0.1, -0.05) is 30.3 Å². The number of carboxylic acid groups (broad SMARTS) is 1. The topological polar surface area (TPSA) is 401 Å². The maximum Gasteiger partial charge on any atom is 0.305 e. The van der Waals surface area contributed by atoms with Crippen molar-refractivity contribution in [1.82, 2.24) is 47.9 Å². The number of carboxylic acids is 1. The van der Waals surface area contributed by atoms with Crippen molar-refractivity contribution >= 4 is 102 Å². The second kappa shape index (κ2) is 29.6. The highest BCUT2D eigenvalue weighted by atomic mass is 32.2. The lowest BCUT2D eigenvalue weighted by Gasteiger charge is -2.25. The maximum atomic E-state index is 13.7. The van der Waals surface area contributed by atoms with Crippen molar-refractivity contribution in [3.8, 4) is 0 Å². The minimum absolute atomic E-state index is 0.0801. The molecule has 1 unspecified atom stereocenters. The molecule has 17 N–H and O–H groups in total. The Balaban J connectivity index is 2.54. The number of nitrogens with two attached hydrogens (primary N) is 3. The fourth-order valence-electron chi connectivity index (χ4n) is 5.99. The van der Waals surface area contributed by atoms with Crippen LogP contribution in [0.3, 0.4) is 0 Å². The quantitative estimate of drug-likeness (QED) is 0.0338. The fraction of sp³-hybridized carbons (Fsp3) is 0.553. The summed E-state index contributed by atoms with van der Waals surface area (Å²) in [5, 5.41) is 39.0. The standard InChI is InChI=1S/C38H59N13O11S3/c39-11-5-4-9-22-33(58)49-25(16-63)36(61)47-21(10-6-12-43-38(41)42)32(57)44-15-28(52)46-24(14-30(54)55)35(60)50-26(17-64)37(62)48-23(13-20-7-2-1-3-8-20)34(59)51-27(31(40)56)18-65-19-29(53)45-22/h1-3,7-8,21-27,63-64H,4-6,9-19,39H2,(H2,40,56)(H,44,57)(H,45,53)(H,46,52)(H,47,61)(H,48,62)(H,49,58)(H,50,60)(H,51,59)(H,54,55)(H4,41,42,43)/t21-,22-,23-,24-,25?,26-,27-/m0/s1. The number of carbonyl (C=O) groups excluding carboxylic acids is 9. The summed E-state index contributed by atoms with van der Waals surface area (Å²) in [4.78, 5) is 132. The summed E-state index contributed by atoms with van der Waals surface area (Å²) in [5.41, 5.74) is 17.2. The number of aliphatic carboxylic acids is 1. The Labute approximate surface area is 390 Å². The molecule has 1 fully saturated rings. The first kappa shape index (κ1) is 55.3. The number of unbranched alkanes of at least 4 members (excludes halogenated alkanes) is 1. The zero-order valence-corrected chi connectivity index (χ0v) is 38.0. The number of hydrogen-bond acceptors (Lipinski definition) is 15. The van der Waals surface area contributed by atoms with Crippen LogP contribution in [0, 0.1) is 5.41 Å². The molecule has 0 aromatic heterocycles. The molecule has 27 heteroatoms. The van der Waals surface area contributed by atoms with Gasteiger partial charge in [-0.25, -0.2) is 0 Å². The molecular formula is C38H59N13O11S3. The van der Waals surface area contributed by atoms with Crippen LogP contribution in [0.2, 0.25) is 0 Å². The maximum absolute atomic E-state index is 13.7. The van der Waals surface area contributed by atoms with Gasteiger partial charge in [-0.15, -0.1) is 11.8 Å². The van der Waals surface area contributed by atoms with Crippen LogP contribution in [0.1, 0.15) is 44.1 Å². The molecule has 0 aliphatic carbocycles. The van der Waals surface area contributed by atoms with E-state index in [1.807, 2.05) is 0 Å². The Bertz CT molecular complexity index is 1850. The van der Waals surface area contributed by atoms with Gasteiger partial charge in [0.25, 0.3) is 0 Å². The number of guanidine groups is 1. The molecule has 1 aromatic carbocycles. The van der Waals surface area contributed by atoms with E-state index in [0.29, 0.717) is 18.4 Å². The summed E-state index contributed by atoms with van der Waals surface area (Å²) in [6, 6.07) is -1.51. The van der Waals surface area contributed by atoms with Gasteiger partial charge in [0, 0.05) is 30.2 Å². The largest absolute Gasteiger partial charge is 0.481 e. The van der Waals surface area contributed by atoms with Gasteiger partial charge in [0.2, 0.25) is 53.2 Å². The first-order valence-corrected chi connectivity index (χ1v) is 22.8. The highest BCUT2D eigenvalue weighted by molar-refractivity contribution is 8.00. The molecule has 1 aliphatic heterocycles. The number of hydrogen-bond donors (Lipinski definition) is 16. The van der Waals surface area contributed by atoms with Gasteiger partial charge in [0.05, 0.1) is 18.7 Å². The van der Waals surface area contributed by atoms with Gasteiger partial charge in [-0.05, 0) is 44.2 Å². The predicted molar refractivity (Wildman–Crippen MR) is 245 cm³/mol. The smallest absolute Gasteiger partial charge is 0.305 e. The first-order valence-electron chi connectivity index (χ1n) is 20.4. The van der Waals surface area contributed by atoms with Crippen LogP contribution in [0.5, 0.6) is 0 Å². The van der Waals surface area contributed by atoms with Crippen LogP contribution in [-0.2, 0) is 54.4 Å². The summed E-state index contributed by atoms with van der Waals surface area (Å²) in [6.45, 7) is -0.434. The normalized spacial score (nSPS) is 24.0. The molecule has 0 radical (unpaired) electrons. The van der Waals surface area contributed by atoms with Crippen LogP contribution in [0.4, 0.5) is 0 Å². The van der Waals surface area contributed by atoms with E-state index in [2.05, 4.69) is 73.1 Å². The van der Waals surface area contributed by atoms with E-state index in [-0.39, 0.29) is 67.7 Å².